The van der Waals surface area contributed by atoms with Crippen LogP contribution in [0.15, 0.2) is 29.8 Å². The molecule has 0 radical (unpaired) electrons. The summed E-state index contributed by atoms with van der Waals surface area (Å²) in [6.45, 7) is 6.86. The SMILES string of the molecule is CC(C)N1CCC(n2cc(-c3cnc4c(c3)[NH2+]N=C4)cn2)CC1. The fourth-order valence-corrected chi connectivity index (χ4v) is 3.40. The molecular weight excluding hydrogens is 288 g/mol. The first-order valence-electron chi connectivity index (χ1n) is 8.36. The van der Waals surface area contributed by atoms with Gasteiger partial charge in [0.25, 0.3) is 0 Å². The van der Waals surface area contributed by atoms with E-state index >= 15 is 0 Å². The highest BCUT2D eigenvalue weighted by Crippen LogP contribution is 2.27. The smallest absolute Gasteiger partial charge is 0.184 e. The van der Waals surface area contributed by atoms with Crippen molar-refractivity contribution in [2.75, 3.05) is 13.1 Å². The normalized spacial score (nSPS) is 18.7. The van der Waals surface area contributed by atoms with E-state index in [1.807, 2.05) is 17.8 Å². The molecule has 0 amide bonds. The number of fused-ring (bicyclic) bond motifs is 1. The Kier molecular flexibility index (Phi) is 3.71. The lowest BCUT2D eigenvalue weighted by Gasteiger charge is -2.34. The Morgan fingerprint density at radius 3 is 2.78 bits per heavy atom. The van der Waals surface area contributed by atoms with Crippen molar-refractivity contribution in [3.05, 3.63) is 30.4 Å². The minimum atomic E-state index is 0.510. The van der Waals surface area contributed by atoms with Gasteiger partial charge in [0.1, 0.15) is 11.9 Å². The first-order valence-corrected chi connectivity index (χ1v) is 8.36. The van der Waals surface area contributed by atoms with Gasteiger partial charge in [0.15, 0.2) is 5.69 Å². The van der Waals surface area contributed by atoms with E-state index < -0.39 is 0 Å². The van der Waals surface area contributed by atoms with E-state index in [1.165, 1.54) is 12.8 Å². The number of quaternary nitrogens is 1. The van der Waals surface area contributed by atoms with Crippen LogP contribution in [0, 0.1) is 0 Å². The van der Waals surface area contributed by atoms with Gasteiger partial charge in [-0.1, -0.05) is 5.10 Å². The van der Waals surface area contributed by atoms with Crippen LogP contribution in [0.2, 0.25) is 0 Å². The zero-order chi connectivity index (χ0) is 15.8. The van der Waals surface area contributed by atoms with Crippen molar-refractivity contribution >= 4 is 11.9 Å². The Hall–Kier alpha value is -2.05. The van der Waals surface area contributed by atoms with Crippen LogP contribution in [0.5, 0.6) is 0 Å². The van der Waals surface area contributed by atoms with Gasteiger partial charge < -0.3 is 4.90 Å². The number of aromatic nitrogens is 3. The summed E-state index contributed by atoms with van der Waals surface area (Å²) < 4.78 is 2.14. The van der Waals surface area contributed by atoms with E-state index in [-0.39, 0.29) is 0 Å². The molecule has 0 aromatic carbocycles. The summed E-state index contributed by atoms with van der Waals surface area (Å²) in [6.07, 6.45) is 10.2. The number of nitrogens with two attached hydrogens (primary N) is 1. The van der Waals surface area contributed by atoms with Gasteiger partial charge in [-0.3, -0.25) is 4.68 Å². The molecular formula is C17H23N6+. The van der Waals surface area contributed by atoms with Crippen molar-refractivity contribution in [3.8, 4) is 11.1 Å². The molecule has 23 heavy (non-hydrogen) atoms. The van der Waals surface area contributed by atoms with Gasteiger partial charge in [0.05, 0.1) is 12.2 Å². The number of likely N-dealkylation sites (tertiary alicyclic amines) is 1. The summed E-state index contributed by atoms with van der Waals surface area (Å²) in [5.74, 6) is 0. The molecule has 120 valence electrons. The molecule has 1 saturated heterocycles. The van der Waals surface area contributed by atoms with Gasteiger partial charge in [0.2, 0.25) is 0 Å². The Bertz CT molecular complexity index is 724. The van der Waals surface area contributed by atoms with Crippen LogP contribution in [0.3, 0.4) is 0 Å². The van der Waals surface area contributed by atoms with Crippen LogP contribution in [0.1, 0.15) is 38.4 Å². The predicted molar refractivity (Wildman–Crippen MR) is 89.6 cm³/mol. The fourth-order valence-electron chi connectivity index (χ4n) is 3.40. The number of piperidine rings is 1. The second-order valence-electron chi connectivity index (χ2n) is 6.68. The number of rotatable bonds is 3. The monoisotopic (exact) mass is 311 g/mol. The highest BCUT2D eigenvalue weighted by atomic mass is 15.3. The third-order valence-corrected chi connectivity index (χ3v) is 4.90. The van der Waals surface area contributed by atoms with E-state index in [0.29, 0.717) is 12.1 Å². The molecule has 2 N–H and O–H groups in total. The number of pyridine rings is 1. The maximum absolute atomic E-state index is 4.61. The van der Waals surface area contributed by atoms with Crippen molar-refractivity contribution in [3.63, 3.8) is 0 Å². The molecule has 4 heterocycles. The average Bonchev–Trinajstić information content (AvgIpc) is 3.23. The maximum Gasteiger partial charge on any atom is 0.184 e. The highest BCUT2D eigenvalue weighted by molar-refractivity contribution is 5.85. The summed E-state index contributed by atoms with van der Waals surface area (Å²) in [7, 11) is 0. The molecule has 4 rings (SSSR count). The summed E-state index contributed by atoms with van der Waals surface area (Å²) in [5.41, 5.74) is 6.13. The average molecular weight is 311 g/mol. The second-order valence-corrected chi connectivity index (χ2v) is 6.68. The molecule has 0 unspecified atom stereocenters. The third kappa shape index (κ3) is 2.80. The first-order chi connectivity index (χ1) is 11.2. The van der Waals surface area contributed by atoms with Crippen LogP contribution < -0.4 is 5.43 Å². The topological polar surface area (TPSA) is 62.9 Å². The minimum Gasteiger partial charge on any atom is -0.301 e. The van der Waals surface area contributed by atoms with Crippen molar-refractivity contribution in [1.29, 1.82) is 0 Å². The first kappa shape index (κ1) is 14.5. The van der Waals surface area contributed by atoms with E-state index in [4.69, 9.17) is 0 Å². The zero-order valence-electron chi connectivity index (χ0n) is 13.7. The van der Waals surface area contributed by atoms with Gasteiger partial charge in [-0.15, -0.1) is 0 Å². The summed E-state index contributed by atoms with van der Waals surface area (Å²) in [5, 5.41) is 8.76. The molecule has 0 atom stereocenters. The van der Waals surface area contributed by atoms with E-state index in [1.54, 1.807) is 6.21 Å². The minimum absolute atomic E-state index is 0.510. The Morgan fingerprint density at radius 1 is 1.17 bits per heavy atom. The van der Waals surface area contributed by atoms with Gasteiger partial charge in [0, 0.05) is 48.7 Å². The molecule has 1 fully saturated rings. The van der Waals surface area contributed by atoms with Crippen LogP contribution >= 0.6 is 0 Å². The maximum atomic E-state index is 4.61. The molecule has 6 nitrogen and oxygen atoms in total. The number of hydrogen-bond acceptors (Lipinski definition) is 4. The van der Waals surface area contributed by atoms with E-state index in [9.17, 15) is 0 Å². The molecule has 2 aliphatic rings. The quantitative estimate of drug-likeness (QED) is 0.875. The molecule has 6 heteroatoms. The van der Waals surface area contributed by atoms with Gasteiger partial charge in [-0.05, 0) is 26.7 Å². The van der Waals surface area contributed by atoms with Gasteiger partial charge >= 0.3 is 0 Å². The van der Waals surface area contributed by atoms with Crippen molar-refractivity contribution in [2.24, 2.45) is 5.10 Å². The summed E-state index contributed by atoms with van der Waals surface area (Å²) in [6, 6.07) is 3.29. The third-order valence-electron chi connectivity index (χ3n) is 4.90. The Morgan fingerprint density at radius 2 is 2.00 bits per heavy atom. The van der Waals surface area contributed by atoms with Crippen LogP contribution in [0.25, 0.3) is 11.1 Å². The van der Waals surface area contributed by atoms with Crippen LogP contribution in [0.4, 0.5) is 5.69 Å². The van der Waals surface area contributed by atoms with Crippen molar-refractivity contribution < 1.29 is 5.43 Å². The van der Waals surface area contributed by atoms with Crippen molar-refractivity contribution in [1.82, 2.24) is 19.7 Å². The highest BCUT2D eigenvalue weighted by Gasteiger charge is 2.23. The summed E-state index contributed by atoms with van der Waals surface area (Å²) >= 11 is 0. The predicted octanol–water partition coefficient (Wildman–Crippen LogP) is 1.53. The van der Waals surface area contributed by atoms with Crippen LogP contribution in [-0.4, -0.2) is 45.0 Å². The lowest BCUT2D eigenvalue weighted by atomic mass is 10.0. The molecule has 2 aliphatic heterocycles. The molecule has 0 aliphatic carbocycles. The molecule has 0 saturated carbocycles. The zero-order valence-corrected chi connectivity index (χ0v) is 13.7. The second kappa shape index (κ2) is 5.86. The molecule has 0 bridgehead atoms. The molecule has 2 aromatic rings. The lowest BCUT2D eigenvalue weighted by Crippen LogP contribution is -2.69. The number of hydrogen-bond donors (Lipinski definition) is 1. The Labute approximate surface area is 136 Å². The standard InChI is InChI=1S/C17H22N6/c1-12(2)22-5-3-15(4-6-22)23-11-14(9-20-23)13-7-16-17(18-8-13)10-19-21-16/h7-12,15H,3-6H2,1-2H3,(H,19,21)/p+1. The number of nitrogens with zero attached hydrogens (tertiary/aromatic N) is 5. The van der Waals surface area contributed by atoms with Crippen molar-refractivity contribution in [2.45, 2.75) is 38.8 Å². The lowest BCUT2D eigenvalue weighted by molar-refractivity contribution is -0.573. The molecule has 0 spiro atoms. The van der Waals surface area contributed by atoms with E-state index in [2.05, 4.69) is 50.9 Å². The van der Waals surface area contributed by atoms with Gasteiger partial charge in [-0.2, -0.15) is 10.5 Å². The molecule has 2 aromatic heterocycles. The van der Waals surface area contributed by atoms with Gasteiger partial charge in [-0.25, -0.2) is 4.98 Å². The fraction of sp³-hybridized carbons (Fsp3) is 0.471. The van der Waals surface area contributed by atoms with Crippen LogP contribution in [-0.2, 0) is 0 Å². The summed E-state index contributed by atoms with van der Waals surface area (Å²) in [4.78, 5) is 7.01. The van der Waals surface area contributed by atoms with E-state index in [0.717, 1.165) is 35.6 Å². The largest absolute Gasteiger partial charge is 0.301 e. The Balaban J connectivity index is 1.49.